The van der Waals surface area contributed by atoms with Gasteiger partial charge < -0.3 is 20.8 Å². The van der Waals surface area contributed by atoms with Crippen LogP contribution in [0.2, 0.25) is 0 Å². The molecule has 2 aromatic rings. The third kappa shape index (κ3) is 5.01. The molecule has 1 aromatic carbocycles. The zero-order valence-corrected chi connectivity index (χ0v) is 14.3. The maximum absolute atomic E-state index is 13.2. The first-order valence-electron chi connectivity index (χ1n) is 8.65. The quantitative estimate of drug-likeness (QED) is 0.731. The van der Waals surface area contributed by atoms with Gasteiger partial charge in [0.05, 0.1) is 18.5 Å². The second-order valence-corrected chi connectivity index (χ2v) is 6.59. The minimum Gasteiger partial charge on any atom is -0.490 e. The summed E-state index contributed by atoms with van der Waals surface area (Å²) in [6, 6.07) is 2.54. The van der Waals surface area contributed by atoms with Gasteiger partial charge in [-0.05, 0) is 25.7 Å². The Balaban J connectivity index is 1.43. The standard InChI is InChI=1S/C18H22F2N4O2/c19-11-5-12(20)7-16(6-11)26-15-3-1-13(2-4-15)24-18(25)17(21)8-14-9-22-10-23-14/h5-7,9-10,13,15,17H,1-4,8,21H2,(H,22,23)(H,24,25)/t13?,15?,17-/m0/s1. The number of ether oxygens (including phenoxy) is 1. The normalized spacial score (nSPS) is 21.2. The van der Waals surface area contributed by atoms with Gasteiger partial charge in [-0.3, -0.25) is 4.79 Å². The molecule has 1 atom stereocenters. The SMILES string of the molecule is N[C@@H](Cc1cnc[nH]1)C(=O)NC1CCC(Oc2cc(F)cc(F)c2)CC1. The van der Waals surface area contributed by atoms with Crippen LogP contribution in [0.15, 0.2) is 30.7 Å². The number of benzene rings is 1. The Hall–Kier alpha value is -2.48. The number of hydrogen-bond donors (Lipinski definition) is 3. The molecule has 1 saturated carbocycles. The predicted molar refractivity (Wildman–Crippen MR) is 91.4 cm³/mol. The minimum atomic E-state index is -0.660. The average Bonchev–Trinajstić information content (AvgIpc) is 3.08. The summed E-state index contributed by atoms with van der Waals surface area (Å²) in [7, 11) is 0. The number of nitrogens with one attached hydrogen (secondary N) is 2. The van der Waals surface area contributed by atoms with Gasteiger partial charge in [-0.1, -0.05) is 0 Å². The second kappa shape index (κ2) is 8.27. The molecule has 3 rings (SSSR count). The van der Waals surface area contributed by atoms with Crippen molar-refractivity contribution in [3.8, 4) is 5.75 Å². The molecular formula is C18H22F2N4O2. The van der Waals surface area contributed by atoms with Crippen LogP contribution in [0.3, 0.4) is 0 Å². The van der Waals surface area contributed by atoms with Crippen LogP contribution in [0.1, 0.15) is 31.4 Å². The highest BCUT2D eigenvalue weighted by Gasteiger charge is 2.25. The molecule has 1 fully saturated rings. The summed E-state index contributed by atoms with van der Waals surface area (Å²) in [6.45, 7) is 0. The van der Waals surface area contributed by atoms with E-state index in [2.05, 4.69) is 15.3 Å². The van der Waals surface area contributed by atoms with E-state index in [9.17, 15) is 13.6 Å². The molecule has 26 heavy (non-hydrogen) atoms. The Morgan fingerprint density at radius 3 is 2.58 bits per heavy atom. The van der Waals surface area contributed by atoms with Crippen LogP contribution in [-0.4, -0.2) is 34.1 Å². The first-order chi connectivity index (χ1) is 12.5. The fourth-order valence-corrected chi connectivity index (χ4v) is 3.15. The maximum atomic E-state index is 13.2. The number of amides is 1. The van der Waals surface area contributed by atoms with E-state index >= 15 is 0 Å². The van der Waals surface area contributed by atoms with Crippen LogP contribution in [-0.2, 0) is 11.2 Å². The van der Waals surface area contributed by atoms with Crippen molar-refractivity contribution in [2.75, 3.05) is 0 Å². The number of H-pyrrole nitrogens is 1. The molecule has 6 nitrogen and oxygen atoms in total. The van der Waals surface area contributed by atoms with Gasteiger partial charge in [-0.2, -0.15) is 0 Å². The molecule has 1 aliphatic carbocycles. The van der Waals surface area contributed by atoms with E-state index in [1.807, 2.05) is 0 Å². The Bertz CT molecular complexity index is 711. The molecule has 1 heterocycles. The molecular weight excluding hydrogens is 342 g/mol. The van der Waals surface area contributed by atoms with E-state index in [1.54, 1.807) is 12.5 Å². The van der Waals surface area contributed by atoms with Crippen LogP contribution in [0.25, 0.3) is 0 Å². The van der Waals surface area contributed by atoms with Crippen LogP contribution in [0.5, 0.6) is 5.75 Å². The van der Waals surface area contributed by atoms with Crippen molar-refractivity contribution in [1.29, 1.82) is 0 Å². The highest BCUT2D eigenvalue weighted by molar-refractivity contribution is 5.82. The van der Waals surface area contributed by atoms with E-state index in [1.165, 1.54) is 12.1 Å². The number of carbonyl (C=O) groups is 1. The van der Waals surface area contributed by atoms with Crippen LogP contribution >= 0.6 is 0 Å². The lowest BCUT2D eigenvalue weighted by atomic mass is 9.92. The molecule has 140 valence electrons. The zero-order chi connectivity index (χ0) is 18.5. The maximum Gasteiger partial charge on any atom is 0.237 e. The third-order valence-electron chi connectivity index (χ3n) is 4.49. The monoisotopic (exact) mass is 364 g/mol. The average molecular weight is 364 g/mol. The number of aromatic amines is 1. The van der Waals surface area contributed by atoms with Crippen LogP contribution in [0, 0.1) is 11.6 Å². The lowest BCUT2D eigenvalue weighted by molar-refractivity contribution is -0.123. The van der Waals surface area contributed by atoms with Crippen LogP contribution in [0.4, 0.5) is 8.78 Å². The van der Waals surface area contributed by atoms with Crippen molar-refractivity contribution in [3.05, 3.63) is 48.1 Å². The fraction of sp³-hybridized carbons (Fsp3) is 0.444. The van der Waals surface area contributed by atoms with Gasteiger partial charge in [0.15, 0.2) is 0 Å². The lowest BCUT2D eigenvalue weighted by Gasteiger charge is -2.30. The van der Waals surface area contributed by atoms with Crippen molar-refractivity contribution in [2.24, 2.45) is 5.73 Å². The van der Waals surface area contributed by atoms with Gasteiger partial charge in [0.25, 0.3) is 0 Å². The van der Waals surface area contributed by atoms with Gasteiger partial charge in [0, 0.05) is 42.6 Å². The number of aromatic nitrogens is 2. The van der Waals surface area contributed by atoms with Crippen molar-refractivity contribution < 1.29 is 18.3 Å². The van der Waals surface area contributed by atoms with Crippen molar-refractivity contribution >= 4 is 5.91 Å². The first kappa shape index (κ1) is 18.3. The minimum absolute atomic E-state index is 0.0272. The van der Waals surface area contributed by atoms with Gasteiger partial charge >= 0.3 is 0 Å². The molecule has 1 aliphatic rings. The van der Waals surface area contributed by atoms with Gasteiger partial charge in [-0.15, -0.1) is 0 Å². The number of hydrogen-bond acceptors (Lipinski definition) is 4. The highest BCUT2D eigenvalue weighted by Crippen LogP contribution is 2.25. The molecule has 0 saturated heterocycles. The Labute approximate surface area is 150 Å². The van der Waals surface area contributed by atoms with E-state index in [-0.39, 0.29) is 23.8 Å². The first-order valence-corrected chi connectivity index (χ1v) is 8.65. The van der Waals surface area contributed by atoms with Crippen LogP contribution < -0.4 is 15.8 Å². The van der Waals surface area contributed by atoms with Crippen molar-refractivity contribution in [2.45, 2.75) is 50.3 Å². The Morgan fingerprint density at radius 2 is 1.96 bits per heavy atom. The van der Waals surface area contributed by atoms with Crippen molar-refractivity contribution in [3.63, 3.8) is 0 Å². The number of nitrogens with two attached hydrogens (primary N) is 1. The molecule has 0 spiro atoms. The fourth-order valence-electron chi connectivity index (χ4n) is 3.15. The lowest BCUT2D eigenvalue weighted by Crippen LogP contribution is -2.48. The van der Waals surface area contributed by atoms with E-state index in [0.717, 1.165) is 24.6 Å². The van der Waals surface area contributed by atoms with E-state index < -0.39 is 17.7 Å². The molecule has 0 aliphatic heterocycles. The smallest absolute Gasteiger partial charge is 0.237 e. The number of imidazole rings is 1. The molecule has 0 radical (unpaired) electrons. The van der Waals surface area contributed by atoms with Gasteiger partial charge in [-0.25, -0.2) is 13.8 Å². The summed E-state index contributed by atoms with van der Waals surface area (Å²) in [4.78, 5) is 19.0. The summed E-state index contributed by atoms with van der Waals surface area (Å²) < 4.78 is 32.1. The summed E-state index contributed by atoms with van der Waals surface area (Å²) in [6.07, 6.45) is 6.31. The Kier molecular flexibility index (Phi) is 5.82. The number of carbonyl (C=O) groups excluding carboxylic acids is 1. The topological polar surface area (TPSA) is 93.0 Å². The molecule has 4 N–H and O–H groups in total. The molecule has 1 amide bonds. The summed E-state index contributed by atoms with van der Waals surface area (Å²) >= 11 is 0. The van der Waals surface area contributed by atoms with Gasteiger partial charge in [0.1, 0.15) is 17.4 Å². The molecule has 8 heteroatoms. The largest absolute Gasteiger partial charge is 0.490 e. The number of rotatable bonds is 6. The van der Waals surface area contributed by atoms with E-state index in [0.29, 0.717) is 19.3 Å². The molecule has 1 aromatic heterocycles. The summed E-state index contributed by atoms with van der Waals surface area (Å²) in [5, 5.41) is 2.96. The Morgan fingerprint density at radius 1 is 1.27 bits per heavy atom. The van der Waals surface area contributed by atoms with Gasteiger partial charge in [0.2, 0.25) is 5.91 Å². The highest BCUT2D eigenvalue weighted by atomic mass is 19.1. The number of nitrogens with zero attached hydrogens (tertiary/aromatic N) is 1. The molecule has 0 unspecified atom stereocenters. The third-order valence-corrected chi connectivity index (χ3v) is 4.49. The van der Waals surface area contributed by atoms with E-state index in [4.69, 9.17) is 10.5 Å². The van der Waals surface area contributed by atoms with Crippen molar-refractivity contribution in [1.82, 2.24) is 15.3 Å². The molecule has 0 bridgehead atoms. The zero-order valence-electron chi connectivity index (χ0n) is 14.3. The summed E-state index contributed by atoms with van der Waals surface area (Å²) in [5.41, 5.74) is 6.74. The predicted octanol–water partition coefficient (Wildman–Crippen LogP) is 2.06. The summed E-state index contributed by atoms with van der Waals surface area (Å²) in [5.74, 6) is -1.33. The second-order valence-electron chi connectivity index (χ2n) is 6.59. The number of halogens is 2.